The molecule has 2 aromatic rings. The summed E-state index contributed by atoms with van der Waals surface area (Å²) in [5.41, 5.74) is 1.02. The van der Waals surface area contributed by atoms with Crippen LogP contribution in [0, 0.1) is 0 Å². The Hall–Kier alpha value is -3.21. The van der Waals surface area contributed by atoms with Crippen molar-refractivity contribution in [1.82, 2.24) is 25.4 Å². The molecule has 2 amide bonds. The van der Waals surface area contributed by atoms with Crippen LogP contribution in [0.1, 0.15) is 45.6 Å². The summed E-state index contributed by atoms with van der Waals surface area (Å²) >= 11 is 0. The van der Waals surface area contributed by atoms with Crippen LogP contribution >= 0.6 is 0 Å². The van der Waals surface area contributed by atoms with E-state index in [1.54, 1.807) is 26.2 Å². The maximum atomic E-state index is 12.9. The Balaban J connectivity index is 1.73. The number of anilines is 1. The molecule has 2 aromatic heterocycles. The van der Waals surface area contributed by atoms with Gasteiger partial charge in [0.2, 0.25) is 0 Å². The molecule has 0 saturated carbocycles. The average molecular weight is 458 g/mol. The molecule has 0 spiro atoms. The number of aryl methyl sites for hydroxylation is 1. The first kappa shape index (κ1) is 23.0. The topological polar surface area (TPSA) is 132 Å². The van der Waals surface area contributed by atoms with Gasteiger partial charge in [-0.15, -0.1) is 0 Å². The molecule has 33 heavy (non-hydrogen) atoms. The molecular weight excluding hydrogens is 426 g/mol. The number of hydrogen-bond acceptors (Lipinski definition) is 8. The van der Waals surface area contributed by atoms with Crippen LogP contribution in [0.15, 0.2) is 17.5 Å². The summed E-state index contributed by atoms with van der Waals surface area (Å²) in [6.45, 7) is 8.41. The summed E-state index contributed by atoms with van der Waals surface area (Å²) in [7, 11) is 0. The Morgan fingerprint density at radius 3 is 2.45 bits per heavy atom. The minimum atomic E-state index is -1.75. The number of oxime groups is 1. The molecule has 4 heterocycles. The fourth-order valence-corrected chi connectivity index (χ4v) is 4.21. The number of carbonyl (C=O) groups excluding carboxylic acids is 2. The van der Waals surface area contributed by atoms with Crippen molar-refractivity contribution >= 4 is 34.2 Å². The molecule has 178 valence electrons. The van der Waals surface area contributed by atoms with Gasteiger partial charge in [-0.3, -0.25) is 9.59 Å². The number of amides is 2. The SMILES string of the molecule is CCNC(=O)C1(C(=O)NCC)CC(c2cnc3c(cnn3CC)c2NC2CCOCC2)=NO1. The standard InChI is InChI=1S/C22H31N7O4/c1-4-23-20(30)22(21(31)24-5-2)11-17(28-33-22)15-12-25-19-16(13-26-29(19)6-3)18(15)27-14-7-9-32-10-8-14/h12-14H,4-11H2,1-3H3,(H,23,30)(H,24,31)(H,25,27). The largest absolute Gasteiger partial charge is 0.381 e. The van der Waals surface area contributed by atoms with Gasteiger partial charge < -0.3 is 25.5 Å². The van der Waals surface area contributed by atoms with Gasteiger partial charge in [-0.2, -0.15) is 5.10 Å². The van der Waals surface area contributed by atoms with Crippen LogP contribution in [0.3, 0.4) is 0 Å². The third-order valence-electron chi connectivity index (χ3n) is 5.98. The molecule has 0 aliphatic carbocycles. The highest BCUT2D eigenvalue weighted by Crippen LogP contribution is 2.34. The van der Waals surface area contributed by atoms with Gasteiger partial charge in [-0.1, -0.05) is 5.16 Å². The molecule has 4 rings (SSSR count). The number of rotatable bonds is 8. The average Bonchev–Trinajstić information content (AvgIpc) is 3.46. The van der Waals surface area contributed by atoms with Crippen LogP contribution in [0.2, 0.25) is 0 Å². The summed E-state index contributed by atoms with van der Waals surface area (Å²) in [4.78, 5) is 36.0. The van der Waals surface area contributed by atoms with Gasteiger partial charge in [0.1, 0.15) is 0 Å². The number of likely N-dealkylation sites (N-methyl/N-ethyl adjacent to an activating group) is 2. The molecule has 0 bridgehead atoms. The molecule has 3 N–H and O–H groups in total. The quantitative estimate of drug-likeness (QED) is 0.507. The van der Waals surface area contributed by atoms with Gasteiger partial charge in [0.05, 0.1) is 29.4 Å². The van der Waals surface area contributed by atoms with E-state index >= 15 is 0 Å². The minimum Gasteiger partial charge on any atom is -0.381 e. The van der Waals surface area contributed by atoms with Crippen LogP contribution in [0.4, 0.5) is 5.69 Å². The molecule has 2 aliphatic rings. The summed E-state index contributed by atoms with van der Waals surface area (Å²) in [6.07, 6.45) is 5.24. The highest BCUT2D eigenvalue weighted by molar-refractivity contribution is 6.18. The molecule has 0 radical (unpaired) electrons. The second-order valence-corrected chi connectivity index (χ2v) is 8.13. The summed E-state index contributed by atoms with van der Waals surface area (Å²) in [5.74, 6) is -1.03. The summed E-state index contributed by atoms with van der Waals surface area (Å²) < 4.78 is 7.33. The number of hydrogen-bond donors (Lipinski definition) is 3. The maximum Gasteiger partial charge on any atom is 0.297 e. The number of nitrogens with zero attached hydrogens (tertiary/aromatic N) is 4. The smallest absolute Gasteiger partial charge is 0.297 e. The molecular formula is C22H31N7O4. The minimum absolute atomic E-state index is 0.00221. The lowest BCUT2D eigenvalue weighted by Gasteiger charge is -2.26. The third-order valence-corrected chi connectivity index (χ3v) is 5.98. The van der Waals surface area contributed by atoms with E-state index in [0.29, 0.717) is 44.1 Å². The van der Waals surface area contributed by atoms with Crippen LogP contribution in [0.5, 0.6) is 0 Å². The van der Waals surface area contributed by atoms with E-state index < -0.39 is 17.4 Å². The van der Waals surface area contributed by atoms with Crippen molar-refractivity contribution in [2.24, 2.45) is 5.16 Å². The molecule has 0 aromatic carbocycles. The first-order chi connectivity index (χ1) is 16.0. The number of pyridine rings is 1. The van der Waals surface area contributed by atoms with E-state index in [9.17, 15) is 9.59 Å². The van der Waals surface area contributed by atoms with Gasteiger partial charge in [0, 0.05) is 50.7 Å². The van der Waals surface area contributed by atoms with E-state index in [1.807, 2.05) is 11.6 Å². The number of nitrogens with one attached hydrogen (secondary N) is 3. The van der Waals surface area contributed by atoms with E-state index in [0.717, 1.165) is 29.6 Å². The van der Waals surface area contributed by atoms with Crippen molar-refractivity contribution in [3.05, 3.63) is 18.0 Å². The third kappa shape index (κ3) is 4.24. The number of carbonyl (C=O) groups is 2. The molecule has 0 unspecified atom stereocenters. The van der Waals surface area contributed by atoms with Crippen LogP contribution in [-0.2, 0) is 25.7 Å². The second-order valence-electron chi connectivity index (χ2n) is 8.13. The van der Waals surface area contributed by atoms with Gasteiger partial charge in [-0.25, -0.2) is 9.67 Å². The lowest BCUT2D eigenvalue weighted by atomic mass is 9.91. The predicted octanol–water partition coefficient (Wildman–Crippen LogP) is 1.18. The van der Waals surface area contributed by atoms with Gasteiger partial charge >= 0.3 is 0 Å². The number of fused-ring (bicyclic) bond motifs is 1. The zero-order chi connectivity index (χ0) is 23.4. The summed E-state index contributed by atoms with van der Waals surface area (Å²) in [6, 6.07) is 0.215. The molecule has 1 fully saturated rings. The normalized spacial score (nSPS) is 18.0. The Morgan fingerprint density at radius 2 is 1.82 bits per heavy atom. The molecule has 2 aliphatic heterocycles. The van der Waals surface area contributed by atoms with Crippen molar-refractivity contribution in [2.75, 3.05) is 31.6 Å². The summed E-state index contributed by atoms with van der Waals surface area (Å²) in [5, 5.41) is 18.6. The van der Waals surface area contributed by atoms with Crippen molar-refractivity contribution in [2.45, 2.75) is 58.2 Å². The highest BCUT2D eigenvalue weighted by Gasteiger charge is 2.53. The van der Waals surface area contributed by atoms with Crippen molar-refractivity contribution in [3.63, 3.8) is 0 Å². The van der Waals surface area contributed by atoms with E-state index in [1.165, 1.54) is 0 Å². The first-order valence-corrected chi connectivity index (χ1v) is 11.5. The molecule has 11 nitrogen and oxygen atoms in total. The Bertz CT molecular complexity index is 1040. The lowest BCUT2D eigenvalue weighted by Crippen LogP contribution is -2.57. The fourth-order valence-electron chi connectivity index (χ4n) is 4.21. The van der Waals surface area contributed by atoms with E-state index in [2.05, 4.69) is 31.2 Å². The van der Waals surface area contributed by atoms with Crippen LogP contribution in [0.25, 0.3) is 11.0 Å². The Kier molecular flexibility index (Phi) is 6.77. The highest BCUT2D eigenvalue weighted by atomic mass is 16.7. The molecule has 1 saturated heterocycles. The van der Waals surface area contributed by atoms with Crippen molar-refractivity contribution < 1.29 is 19.2 Å². The molecule has 11 heteroatoms. The molecule has 0 atom stereocenters. The van der Waals surface area contributed by atoms with E-state index in [-0.39, 0.29) is 12.5 Å². The lowest BCUT2D eigenvalue weighted by molar-refractivity contribution is -0.157. The van der Waals surface area contributed by atoms with Crippen LogP contribution in [-0.4, -0.2) is 70.2 Å². The zero-order valence-electron chi connectivity index (χ0n) is 19.3. The number of ether oxygens (including phenoxy) is 1. The van der Waals surface area contributed by atoms with Gasteiger partial charge in [0.15, 0.2) is 5.65 Å². The van der Waals surface area contributed by atoms with Gasteiger partial charge in [-0.05, 0) is 33.6 Å². The Labute approximate surface area is 192 Å². The fraction of sp³-hybridized carbons (Fsp3) is 0.591. The van der Waals surface area contributed by atoms with Crippen molar-refractivity contribution in [3.8, 4) is 0 Å². The van der Waals surface area contributed by atoms with E-state index in [4.69, 9.17) is 9.57 Å². The zero-order valence-corrected chi connectivity index (χ0v) is 19.3. The second kappa shape index (κ2) is 9.74. The predicted molar refractivity (Wildman–Crippen MR) is 123 cm³/mol. The Morgan fingerprint density at radius 1 is 1.12 bits per heavy atom. The van der Waals surface area contributed by atoms with Crippen molar-refractivity contribution in [1.29, 1.82) is 0 Å². The first-order valence-electron chi connectivity index (χ1n) is 11.5. The van der Waals surface area contributed by atoms with Crippen LogP contribution < -0.4 is 16.0 Å². The number of aromatic nitrogens is 3. The monoisotopic (exact) mass is 457 g/mol. The maximum absolute atomic E-state index is 12.9. The van der Waals surface area contributed by atoms with Gasteiger partial charge in [0.25, 0.3) is 17.4 Å².